The van der Waals surface area contributed by atoms with E-state index in [1.54, 1.807) is 10.9 Å². The number of likely N-dealkylation sites (N-methyl/N-ethyl adjacent to an activating group) is 1. The predicted octanol–water partition coefficient (Wildman–Crippen LogP) is 0.241. The van der Waals surface area contributed by atoms with Crippen molar-refractivity contribution in [3.63, 3.8) is 0 Å². The summed E-state index contributed by atoms with van der Waals surface area (Å²) in [6.45, 7) is 0.730. The molecule has 4 nitrogen and oxygen atoms in total. The van der Waals surface area contributed by atoms with Crippen molar-refractivity contribution in [1.29, 1.82) is 0 Å². The number of rotatable bonds is 4. The number of nitrogens with zero attached hydrogens (tertiary/aromatic N) is 2. The van der Waals surface area contributed by atoms with Crippen LogP contribution in [0.4, 0.5) is 0 Å². The van der Waals surface area contributed by atoms with E-state index >= 15 is 0 Å². The van der Waals surface area contributed by atoms with Crippen LogP contribution in [0.1, 0.15) is 12.8 Å². The van der Waals surface area contributed by atoms with E-state index in [9.17, 15) is 4.79 Å². The molecule has 0 bridgehead atoms. The summed E-state index contributed by atoms with van der Waals surface area (Å²) in [6, 6.07) is 1.91. The van der Waals surface area contributed by atoms with E-state index in [0.29, 0.717) is 6.04 Å². The fourth-order valence-electron chi connectivity index (χ4n) is 1.70. The van der Waals surface area contributed by atoms with E-state index in [4.69, 9.17) is 0 Å². The molecule has 1 aromatic heterocycles. The van der Waals surface area contributed by atoms with E-state index in [1.807, 2.05) is 7.05 Å². The van der Waals surface area contributed by atoms with Crippen molar-refractivity contribution in [3.8, 4) is 0 Å². The quantitative estimate of drug-likeness (QED) is 0.745. The Bertz CT molecular complexity index is 356. The first-order valence-corrected chi connectivity index (χ1v) is 4.99. The fraction of sp³-hybridized carbons (Fsp3) is 0.600. The maximum atomic E-state index is 11.4. The Morgan fingerprint density at radius 2 is 2.50 bits per heavy atom. The third-order valence-corrected chi connectivity index (χ3v) is 2.75. The van der Waals surface area contributed by atoms with E-state index in [2.05, 4.69) is 10.3 Å². The van der Waals surface area contributed by atoms with Crippen LogP contribution in [0, 0.1) is 5.92 Å². The molecule has 1 aliphatic rings. The van der Waals surface area contributed by atoms with Gasteiger partial charge in [-0.15, -0.1) is 0 Å². The lowest BCUT2D eigenvalue weighted by atomic mass is 10.2. The summed E-state index contributed by atoms with van der Waals surface area (Å²) in [4.78, 5) is 15.4. The molecule has 1 aromatic rings. The Labute approximate surface area is 83.0 Å². The van der Waals surface area contributed by atoms with Crippen molar-refractivity contribution >= 4 is 0 Å². The molecule has 14 heavy (non-hydrogen) atoms. The van der Waals surface area contributed by atoms with Gasteiger partial charge in [-0.05, 0) is 25.8 Å². The molecule has 1 atom stereocenters. The zero-order valence-electron chi connectivity index (χ0n) is 8.31. The third-order valence-electron chi connectivity index (χ3n) is 2.75. The first-order valence-electron chi connectivity index (χ1n) is 4.99. The highest BCUT2D eigenvalue weighted by molar-refractivity contribution is 4.89. The second-order valence-electron chi connectivity index (χ2n) is 3.80. The van der Waals surface area contributed by atoms with Gasteiger partial charge in [0.2, 0.25) is 0 Å². The smallest absolute Gasteiger partial charge is 0.253 e. The Morgan fingerprint density at radius 1 is 1.71 bits per heavy atom. The van der Waals surface area contributed by atoms with E-state index in [-0.39, 0.29) is 5.56 Å². The molecule has 1 heterocycles. The summed E-state index contributed by atoms with van der Waals surface area (Å²) in [6.07, 6.45) is 5.69. The minimum Gasteiger partial charge on any atom is -0.315 e. The minimum atomic E-state index is 0.0286. The van der Waals surface area contributed by atoms with Crippen LogP contribution < -0.4 is 10.9 Å². The van der Waals surface area contributed by atoms with Crippen LogP contribution in [-0.4, -0.2) is 22.6 Å². The normalized spacial score (nSPS) is 18.1. The number of hydrogen-bond acceptors (Lipinski definition) is 3. The summed E-state index contributed by atoms with van der Waals surface area (Å²) < 4.78 is 1.67. The average Bonchev–Trinajstić information content (AvgIpc) is 3.00. The highest BCUT2D eigenvalue weighted by Gasteiger charge is 2.30. The van der Waals surface area contributed by atoms with Crippen LogP contribution >= 0.6 is 0 Å². The Kier molecular flexibility index (Phi) is 2.63. The molecule has 1 N–H and O–H groups in total. The topological polar surface area (TPSA) is 46.9 Å². The largest absolute Gasteiger partial charge is 0.315 e. The molecule has 0 spiro atoms. The SMILES string of the molecule is CNC(Cn1cnccc1=O)C1CC1. The molecule has 0 aromatic carbocycles. The van der Waals surface area contributed by atoms with Gasteiger partial charge in [-0.2, -0.15) is 0 Å². The Balaban J connectivity index is 2.08. The van der Waals surface area contributed by atoms with Gasteiger partial charge in [-0.25, -0.2) is 4.98 Å². The Morgan fingerprint density at radius 3 is 3.07 bits per heavy atom. The zero-order chi connectivity index (χ0) is 9.97. The minimum absolute atomic E-state index is 0.0286. The van der Waals surface area contributed by atoms with Crippen molar-refractivity contribution in [1.82, 2.24) is 14.9 Å². The summed E-state index contributed by atoms with van der Waals surface area (Å²) in [5, 5.41) is 3.25. The van der Waals surface area contributed by atoms with Crippen LogP contribution in [0.2, 0.25) is 0 Å². The van der Waals surface area contributed by atoms with Crippen molar-refractivity contribution in [2.75, 3.05) is 7.05 Å². The standard InChI is InChI=1S/C10H15N3O/c1-11-9(8-2-3-8)6-13-7-12-5-4-10(13)14/h4-5,7-9,11H,2-3,6H2,1H3. The fourth-order valence-corrected chi connectivity index (χ4v) is 1.70. The van der Waals surface area contributed by atoms with Gasteiger partial charge in [0.1, 0.15) is 0 Å². The lowest BCUT2D eigenvalue weighted by molar-refractivity contribution is 0.427. The molecule has 1 aliphatic carbocycles. The monoisotopic (exact) mass is 193 g/mol. The first-order chi connectivity index (χ1) is 6.81. The van der Waals surface area contributed by atoms with Crippen LogP contribution in [0.15, 0.2) is 23.4 Å². The van der Waals surface area contributed by atoms with Crippen molar-refractivity contribution in [2.24, 2.45) is 5.92 Å². The maximum absolute atomic E-state index is 11.4. The molecule has 1 fully saturated rings. The van der Waals surface area contributed by atoms with Gasteiger partial charge in [-0.3, -0.25) is 9.36 Å². The summed E-state index contributed by atoms with van der Waals surface area (Å²) in [5.41, 5.74) is 0.0286. The van der Waals surface area contributed by atoms with Gasteiger partial charge >= 0.3 is 0 Å². The summed E-state index contributed by atoms with van der Waals surface area (Å²) >= 11 is 0. The van der Waals surface area contributed by atoms with Crippen molar-refractivity contribution in [2.45, 2.75) is 25.4 Å². The number of hydrogen-bond donors (Lipinski definition) is 1. The van der Waals surface area contributed by atoms with E-state index in [1.165, 1.54) is 25.1 Å². The molecule has 0 radical (unpaired) electrons. The van der Waals surface area contributed by atoms with Gasteiger partial charge in [0.25, 0.3) is 5.56 Å². The first kappa shape index (κ1) is 9.40. The Hall–Kier alpha value is -1.16. The molecule has 2 rings (SSSR count). The van der Waals surface area contributed by atoms with Gasteiger partial charge in [-0.1, -0.05) is 0 Å². The average molecular weight is 193 g/mol. The molecule has 1 unspecified atom stereocenters. The number of aromatic nitrogens is 2. The van der Waals surface area contributed by atoms with E-state index < -0.39 is 0 Å². The van der Waals surface area contributed by atoms with Gasteiger partial charge < -0.3 is 5.32 Å². The lowest BCUT2D eigenvalue weighted by Crippen LogP contribution is -2.35. The van der Waals surface area contributed by atoms with Gasteiger partial charge in [0.15, 0.2) is 0 Å². The summed E-state index contributed by atoms with van der Waals surface area (Å²) in [5.74, 6) is 0.743. The van der Waals surface area contributed by atoms with Crippen LogP contribution in [0.3, 0.4) is 0 Å². The summed E-state index contributed by atoms with van der Waals surface area (Å²) in [7, 11) is 1.95. The second-order valence-corrected chi connectivity index (χ2v) is 3.80. The molecule has 0 amide bonds. The predicted molar refractivity (Wildman–Crippen MR) is 54.1 cm³/mol. The molecule has 0 saturated heterocycles. The van der Waals surface area contributed by atoms with Crippen LogP contribution in [0.25, 0.3) is 0 Å². The molecular formula is C10H15N3O. The molecule has 76 valence electrons. The highest BCUT2D eigenvalue weighted by Crippen LogP contribution is 2.32. The van der Waals surface area contributed by atoms with Gasteiger partial charge in [0, 0.05) is 24.8 Å². The van der Waals surface area contributed by atoms with Crippen LogP contribution in [-0.2, 0) is 6.54 Å². The molecule has 0 aliphatic heterocycles. The third kappa shape index (κ3) is 2.01. The molecular weight excluding hydrogens is 178 g/mol. The zero-order valence-corrected chi connectivity index (χ0v) is 8.31. The van der Waals surface area contributed by atoms with Gasteiger partial charge in [0.05, 0.1) is 6.33 Å². The van der Waals surface area contributed by atoms with E-state index in [0.717, 1.165) is 12.5 Å². The molecule has 1 saturated carbocycles. The lowest BCUT2D eigenvalue weighted by Gasteiger charge is -2.15. The number of nitrogens with one attached hydrogen (secondary N) is 1. The van der Waals surface area contributed by atoms with Crippen molar-refractivity contribution in [3.05, 3.63) is 28.9 Å². The maximum Gasteiger partial charge on any atom is 0.253 e. The molecule has 4 heteroatoms. The second kappa shape index (κ2) is 3.92. The highest BCUT2D eigenvalue weighted by atomic mass is 16.1. The van der Waals surface area contributed by atoms with Crippen molar-refractivity contribution < 1.29 is 0 Å². The van der Waals surface area contributed by atoms with Crippen LogP contribution in [0.5, 0.6) is 0 Å².